The normalized spacial score (nSPS) is 12.0. The molecule has 1 atom stereocenters. The molecule has 0 saturated heterocycles. The molecule has 3 nitrogen and oxygen atoms in total. The van der Waals surface area contributed by atoms with Crippen LogP contribution >= 0.6 is 0 Å². The van der Waals surface area contributed by atoms with Crippen LogP contribution in [0.5, 0.6) is 11.5 Å². The number of hydrogen-bond donors (Lipinski definition) is 1. The molecule has 0 heterocycles. The molecule has 2 N–H and O–H groups in total. The molecule has 2 rings (SSSR count). The maximum atomic E-state index is 13.6. The first-order chi connectivity index (χ1) is 10.2. The highest BCUT2D eigenvalue weighted by Crippen LogP contribution is 2.26. The van der Waals surface area contributed by atoms with Crippen molar-refractivity contribution in [3.8, 4) is 11.5 Å². The number of benzene rings is 2. The summed E-state index contributed by atoms with van der Waals surface area (Å²) in [6.07, 6.45) is 0.831. The maximum Gasteiger partial charge on any atom is 0.165 e. The van der Waals surface area contributed by atoms with E-state index < -0.39 is 5.82 Å². The summed E-state index contributed by atoms with van der Waals surface area (Å²) in [4.78, 5) is 0. The van der Waals surface area contributed by atoms with Gasteiger partial charge in [0.2, 0.25) is 0 Å². The molecule has 21 heavy (non-hydrogen) atoms. The Morgan fingerprint density at radius 1 is 1.14 bits per heavy atom. The molecule has 0 aliphatic heterocycles. The summed E-state index contributed by atoms with van der Waals surface area (Å²) in [5, 5.41) is 0. The molecule has 0 radical (unpaired) electrons. The summed E-state index contributed by atoms with van der Waals surface area (Å²) in [7, 11) is 1.44. The van der Waals surface area contributed by atoms with Gasteiger partial charge < -0.3 is 15.2 Å². The molecular formula is C17H20FNO2. The monoisotopic (exact) mass is 289 g/mol. The number of para-hydroxylation sites is 1. The van der Waals surface area contributed by atoms with Gasteiger partial charge in [-0.05, 0) is 30.2 Å². The van der Waals surface area contributed by atoms with Crippen LogP contribution in [0.25, 0.3) is 0 Å². The van der Waals surface area contributed by atoms with Crippen molar-refractivity contribution < 1.29 is 13.9 Å². The van der Waals surface area contributed by atoms with Crippen molar-refractivity contribution in [3.05, 3.63) is 59.4 Å². The first-order valence-corrected chi connectivity index (χ1v) is 6.95. The van der Waals surface area contributed by atoms with Gasteiger partial charge in [0.25, 0.3) is 0 Å². The molecule has 0 saturated carbocycles. The summed E-state index contributed by atoms with van der Waals surface area (Å²) >= 11 is 0. The van der Waals surface area contributed by atoms with Crippen molar-refractivity contribution in [1.29, 1.82) is 0 Å². The smallest absolute Gasteiger partial charge is 0.165 e. The van der Waals surface area contributed by atoms with Crippen molar-refractivity contribution in [2.75, 3.05) is 7.11 Å². The molecule has 0 fully saturated rings. The number of rotatable bonds is 6. The Hall–Kier alpha value is -2.07. The predicted octanol–water partition coefficient (Wildman–Crippen LogP) is 3.82. The van der Waals surface area contributed by atoms with E-state index in [0.29, 0.717) is 0 Å². The van der Waals surface area contributed by atoms with E-state index in [4.69, 9.17) is 15.2 Å². The van der Waals surface area contributed by atoms with Gasteiger partial charge in [-0.1, -0.05) is 31.2 Å². The largest absolute Gasteiger partial charge is 0.494 e. The Kier molecular flexibility index (Phi) is 5.17. The Morgan fingerprint density at radius 2 is 1.90 bits per heavy atom. The van der Waals surface area contributed by atoms with Crippen molar-refractivity contribution in [1.82, 2.24) is 0 Å². The third-order valence-electron chi connectivity index (χ3n) is 3.37. The molecule has 0 aliphatic carbocycles. The lowest BCUT2D eigenvalue weighted by Crippen LogP contribution is -2.10. The molecule has 0 unspecified atom stereocenters. The van der Waals surface area contributed by atoms with Gasteiger partial charge in [-0.2, -0.15) is 0 Å². The standard InChI is InChI=1S/C17H20FNO2/c1-3-15(19)13-6-4-5-7-16(13)21-11-12-8-9-17(20-2)14(18)10-12/h4-10,15H,3,11,19H2,1-2H3/t15-/m1/s1. The maximum absolute atomic E-state index is 13.6. The Labute approximate surface area is 124 Å². The van der Waals surface area contributed by atoms with Gasteiger partial charge in [-0.3, -0.25) is 0 Å². The molecular weight excluding hydrogens is 269 g/mol. The Balaban J connectivity index is 2.11. The lowest BCUT2D eigenvalue weighted by atomic mass is 10.0. The van der Waals surface area contributed by atoms with Gasteiger partial charge in [-0.25, -0.2) is 4.39 Å². The van der Waals surface area contributed by atoms with Crippen molar-refractivity contribution in [2.45, 2.75) is 26.0 Å². The summed E-state index contributed by atoms with van der Waals surface area (Å²) in [5.74, 6) is 0.576. The minimum Gasteiger partial charge on any atom is -0.494 e. The van der Waals surface area contributed by atoms with Crippen molar-refractivity contribution in [3.63, 3.8) is 0 Å². The number of halogens is 1. The lowest BCUT2D eigenvalue weighted by Gasteiger charge is -2.15. The molecule has 2 aromatic rings. The zero-order valence-electron chi connectivity index (χ0n) is 12.3. The first kappa shape index (κ1) is 15.3. The van der Waals surface area contributed by atoms with Gasteiger partial charge in [0.15, 0.2) is 11.6 Å². The van der Waals surface area contributed by atoms with Crippen LogP contribution in [0, 0.1) is 5.82 Å². The van der Waals surface area contributed by atoms with Crippen LogP contribution in [0.4, 0.5) is 4.39 Å². The molecule has 0 bridgehead atoms. The van der Waals surface area contributed by atoms with Crippen LogP contribution in [-0.2, 0) is 6.61 Å². The molecule has 0 amide bonds. The minimum absolute atomic E-state index is 0.0613. The second-order valence-corrected chi connectivity index (χ2v) is 4.81. The third-order valence-corrected chi connectivity index (χ3v) is 3.37. The van der Waals surface area contributed by atoms with Crippen LogP contribution < -0.4 is 15.2 Å². The zero-order valence-corrected chi connectivity index (χ0v) is 12.3. The fraction of sp³-hybridized carbons (Fsp3) is 0.294. The highest BCUT2D eigenvalue weighted by Gasteiger charge is 2.10. The van der Waals surface area contributed by atoms with Crippen molar-refractivity contribution >= 4 is 0 Å². The Bertz CT molecular complexity index is 601. The molecule has 2 aromatic carbocycles. The second-order valence-electron chi connectivity index (χ2n) is 4.81. The molecule has 112 valence electrons. The van der Waals surface area contributed by atoms with Crippen LogP contribution in [0.1, 0.15) is 30.5 Å². The highest BCUT2D eigenvalue weighted by molar-refractivity contribution is 5.36. The quantitative estimate of drug-likeness (QED) is 0.879. The fourth-order valence-electron chi connectivity index (χ4n) is 2.10. The van der Waals surface area contributed by atoms with E-state index in [9.17, 15) is 4.39 Å². The summed E-state index contributed by atoms with van der Waals surface area (Å²) < 4.78 is 24.3. The third kappa shape index (κ3) is 3.73. The summed E-state index contributed by atoms with van der Waals surface area (Å²) in [5.41, 5.74) is 7.78. The predicted molar refractivity (Wildman–Crippen MR) is 80.9 cm³/mol. The van der Waals surface area contributed by atoms with Gasteiger partial charge in [-0.15, -0.1) is 0 Å². The average molecular weight is 289 g/mol. The molecule has 0 aromatic heterocycles. The van der Waals surface area contributed by atoms with E-state index >= 15 is 0 Å². The molecule has 4 heteroatoms. The fourth-order valence-corrected chi connectivity index (χ4v) is 2.10. The first-order valence-electron chi connectivity index (χ1n) is 6.95. The van der Waals surface area contributed by atoms with Gasteiger partial charge in [0.05, 0.1) is 7.11 Å². The van der Waals surface area contributed by atoms with Gasteiger partial charge in [0, 0.05) is 11.6 Å². The lowest BCUT2D eigenvalue weighted by molar-refractivity contribution is 0.299. The van der Waals surface area contributed by atoms with Crippen LogP contribution in [0.15, 0.2) is 42.5 Å². The minimum atomic E-state index is -0.392. The van der Waals surface area contributed by atoms with Crippen LogP contribution in [0.2, 0.25) is 0 Å². The van der Waals surface area contributed by atoms with E-state index in [1.54, 1.807) is 12.1 Å². The summed E-state index contributed by atoms with van der Waals surface area (Å²) in [6, 6.07) is 12.4. The van der Waals surface area contributed by atoms with Crippen LogP contribution in [0.3, 0.4) is 0 Å². The van der Waals surface area contributed by atoms with Gasteiger partial charge >= 0.3 is 0 Å². The highest BCUT2D eigenvalue weighted by atomic mass is 19.1. The van der Waals surface area contributed by atoms with E-state index in [1.807, 2.05) is 31.2 Å². The second kappa shape index (κ2) is 7.09. The number of ether oxygens (including phenoxy) is 2. The zero-order chi connectivity index (χ0) is 15.2. The number of methoxy groups -OCH3 is 1. The van der Waals surface area contributed by atoms with E-state index in [0.717, 1.165) is 23.3 Å². The SMILES string of the molecule is CC[C@@H](N)c1ccccc1OCc1ccc(OC)c(F)c1. The topological polar surface area (TPSA) is 44.5 Å². The average Bonchev–Trinajstić information content (AvgIpc) is 2.52. The van der Waals surface area contributed by atoms with E-state index in [2.05, 4.69) is 0 Å². The summed E-state index contributed by atoms with van der Waals surface area (Å²) in [6.45, 7) is 2.31. The molecule has 0 aliphatic rings. The van der Waals surface area contributed by atoms with Crippen molar-refractivity contribution in [2.24, 2.45) is 5.73 Å². The van der Waals surface area contributed by atoms with Crippen LogP contribution in [-0.4, -0.2) is 7.11 Å². The van der Waals surface area contributed by atoms with E-state index in [-0.39, 0.29) is 18.4 Å². The number of hydrogen-bond acceptors (Lipinski definition) is 3. The van der Waals surface area contributed by atoms with Gasteiger partial charge in [0.1, 0.15) is 12.4 Å². The van der Waals surface area contributed by atoms with E-state index in [1.165, 1.54) is 13.2 Å². The molecule has 0 spiro atoms. The Morgan fingerprint density at radius 3 is 2.57 bits per heavy atom. The number of nitrogens with two attached hydrogens (primary N) is 1.